The molecule has 3 nitrogen and oxygen atoms in total. The Morgan fingerprint density at radius 1 is 1.25 bits per heavy atom. The molecule has 0 aliphatic heterocycles. The van der Waals surface area contributed by atoms with Crippen LogP contribution >= 0.6 is 0 Å². The first kappa shape index (κ1) is 15.0. The van der Waals surface area contributed by atoms with Gasteiger partial charge in [0, 0.05) is 18.5 Å². The van der Waals surface area contributed by atoms with Crippen LogP contribution in [0.3, 0.4) is 0 Å². The molecule has 1 saturated carbocycles. The van der Waals surface area contributed by atoms with E-state index in [1.54, 1.807) is 0 Å². The Morgan fingerprint density at radius 3 is 2.50 bits per heavy atom. The molecule has 0 heterocycles. The first-order valence-electron chi connectivity index (χ1n) is 7.75. The Labute approximate surface area is 121 Å². The molecule has 1 fully saturated rings. The number of carbonyl (C=O) groups is 1. The van der Waals surface area contributed by atoms with Gasteiger partial charge in [0.1, 0.15) is 0 Å². The molecular weight excluding hydrogens is 248 g/mol. The predicted molar refractivity (Wildman–Crippen MR) is 82.5 cm³/mol. The van der Waals surface area contributed by atoms with Gasteiger partial charge in [0.25, 0.3) is 0 Å². The highest BCUT2D eigenvalue weighted by atomic mass is 16.1. The molecule has 1 amide bonds. The van der Waals surface area contributed by atoms with E-state index < -0.39 is 0 Å². The summed E-state index contributed by atoms with van der Waals surface area (Å²) in [6, 6.07) is 11.2. The van der Waals surface area contributed by atoms with Crippen molar-refractivity contribution in [2.24, 2.45) is 5.73 Å². The molecule has 1 aliphatic carbocycles. The third-order valence-electron chi connectivity index (χ3n) is 4.19. The molecule has 1 aromatic rings. The zero-order valence-electron chi connectivity index (χ0n) is 12.3. The fourth-order valence-electron chi connectivity index (χ4n) is 2.95. The highest BCUT2D eigenvalue weighted by molar-refractivity contribution is 5.76. The van der Waals surface area contributed by atoms with Crippen molar-refractivity contribution in [1.82, 2.24) is 5.32 Å². The number of nitrogens with two attached hydrogens (primary N) is 1. The van der Waals surface area contributed by atoms with Gasteiger partial charge in [-0.15, -0.1) is 0 Å². The topological polar surface area (TPSA) is 55.1 Å². The first-order chi connectivity index (χ1) is 9.65. The second-order valence-corrected chi connectivity index (χ2v) is 6.04. The van der Waals surface area contributed by atoms with Gasteiger partial charge in [-0.25, -0.2) is 0 Å². The normalized spacial score (nSPS) is 24.1. The van der Waals surface area contributed by atoms with E-state index in [-0.39, 0.29) is 11.9 Å². The van der Waals surface area contributed by atoms with Crippen LogP contribution < -0.4 is 11.1 Å². The lowest BCUT2D eigenvalue weighted by Crippen LogP contribution is -2.37. The zero-order chi connectivity index (χ0) is 14.4. The number of carbonyl (C=O) groups excluding carboxylic acids is 1. The molecule has 3 heteroatoms. The van der Waals surface area contributed by atoms with E-state index in [4.69, 9.17) is 5.73 Å². The molecule has 110 valence electrons. The van der Waals surface area contributed by atoms with E-state index in [9.17, 15) is 4.79 Å². The fraction of sp³-hybridized carbons (Fsp3) is 0.588. The van der Waals surface area contributed by atoms with Gasteiger partial charge in [0.15, 0.2) is 0 Å². The van der Waals surface area contributed by atoms with Crippen LogP contribution in [0.4, 0.5) is 0 Å². The molecule has 0 aromatic heterocycles. The summed E-state index contributed by atoms with van der Waals surface area (Å²) in [4.78, 5) is 11.8. The van der Waals surface area contributed by atoms with E-state index in [2.05, 4.69) is 35.6 Å². The van der Waals surface area contributed by atoms with E-state index in [1.165, 1.54) is 18.4 Å². The standard InChI is InChI=1S/C17H26N2O/c1-13(18)7-12-17(20)19-16-10-8-15(9-11-16)14-5-3-2-4-6-14/h2-6,13,15-16H,7-12,18H2,1H3,(H,19,20). The number of hydrogen-bond donors (Lipinski definition) is 2. The van der Waals surface area contributed by atoms with Gasteiger partial charge < -0.3 is 11.1 Å². The van der Waals surface area contributed by atoms with Crippen LogP contribution in [-0.2, 0) is 4.79 Å². The fourth-order valence-corrected chi connectivity index (χ4v) is 2.95. The molecule has 1 unspecified atom stereocenters. The van der Waals surface area contributed by atoms with Crippen molar-refractivity contribution in [2.75, 3.05) is 0 Å². The number of amides is 1. The summed E-state index contributed by atoms with van der Waals surface area (Å²) in [6.07, 6.45) is 5.83. The van der Waals surface area contributed by atoms with Crippen molar-refractivity contribution in [2.45, 2.75) is 63.5 Å². The largest absolute Gasteiger partial charge is 0.353 e. The summed E-state index contributed by atoms with van der Waals surface area (Å²) in [7, 11) is 0. The average molecular weight is 274 g/mol. The van der Waals surface area contributed by atoms with Gasteiger partial charge in [0.05, 0.1) is 0 Å². The van der Waals surface area contributed by atoms with Crippen molar-refractivity contribution >= 4 is 5.91 Å². The lowest BCUT2D eigenvalue weighted by atomic mass is 9.82. The van der Waals surface area contributed by atoms with Gasteiger partial charge in [-0.2, -0.15) is 0 Å². The predicted octanol–water partition coefficient (Wildman–Crippen LogP) is 2.96. The SMILES string of the molecule is CC(N)CCC(=O)NC1CCC(c2ccccc2)CC1. The Bertz CT molecular complexity index is 408. The molecule has 2 rings (SSSR count). The lowest BCUT2D eigenvalue weighted by Gasteiger charge is -2.29. The maximum atomic E-state index is 11.8. The quantitative estimate of drug-likeness (QED) is 0.867. The molecular formula is C17H26N2O. The van der Waals surface area contributed by atoms with Gasteiger partial charge in [-0.1, -0.05) is 30.3 Å². The molecule has 0 radical (unpaired) electrons. The Balaban J connectivity index is 1.73. The third-order valence-corrected chi connectivity index (χ3v) is 4.19. The molecule has 0 bridgehead atoms. The summed E-state index contributed by atoms with van der Waals surface area (Å²) in [5, 5.41) is 3.15. The molecule has 1 atom stereocenters. The Hall–Kier alpha value is -1.35. The first-order valence-corrected chi connectivity index (χ1v) is 7.75. The van der Waals surface area contributed by atoms with E-state index >= 15 is 0 Å². The summed E-state index contributed by atoms with van der Waals surface area (Å²) in [5.74, 6) is 0.818. The van der Waals surface area contributed by atoms with Gasteiger partial charge in [-0.05, 0) is 50.5 Å². The van der Waals surface area contributed by atoms with Crippen LogP contribution in [0.15, 0.2) is 30.3 Å². The van der Waals surface area contributed by atoms with Crippen molar-refractivity contribution in [3.8, 4) is 0 Å². The zero-order valence-corrected chi connectivity index (χ0v) is 12.3. The summed E-state index contributed by atoms with van der Waals surface area (Å²) in [5.41, 5.74) is 7.12. The number of nitrogens with one attached hydrogen (secondary N) is 1. The second kappa shape index (κ2) is 7.44. The van der Waals surface area contributed by atoms with Crippen LogP contribution in [0, 0.1) is 0 Å². The third kappa shape index (κ3) is 4.64. The van der Waals surface area contributed by atoms with Crippen LogP contribution in [0.2, 0.25) is 0 Å². The maximum absolute atomic E-state index is 11.8. The van der Waals surface area contributed by atoms with E-state index in [0.717, 1.165) is 19.3 Å². The summed E-state index contributed by atoms with van der Waals surface area (Å²) in [6.45, 7) is 1.94. The molecule has 1 aromatic carbocycles. The molecule has 20 heavy (non-hydrogen) atoms. The number of benzene rings is 1. The van der Waals surface area contributed by atoms with Crippen molar-refractivity contribution in [3.63, 3.8) is 0 Å². The monoisotopic (exact) mass is 274 g/mol. The highest BCUT2D eigenvalue weighted by Crippen LogP contribution is 2.32. The van der Waals surface area contributed by atoms with Crippen LogP contribution in [0.5, 0.6) is 0 Å². The molecule has 3 N–H and O–H groups in total. The minimum absolute atomic E-state index is 0.106. The molecule has 1 aliphatic rings. The van der Waals surface area contributed by atoms with Crippen molar-refractivity contribution in [1.29, 1.82) is 0 Å². The van der Waals surface area contributed by atoms with Crippen molar-refractivity contribution in [3.05, 3.63) is 35.9 Å². The average Bonchev–Trinajstić information content (AvgIpc) is 2.47. The van der Waals surface area contributed by atoms with Crippen molar-refractivity contribution < 1.29 is 4.79 Å². The van der Waals surface area contributed by atoms with E-state index in [0.29, 0.717) is 18.4 Å². The Kier molecular flexibility index (Phi) is 5.60. The Morgan fingerprint density at radius 2 is 1.90 bits per heavy atom. The lowest BCUT2D eigenvalue weighted by molar-refractivity contribution is -0.122. The number of hydrogen-bond acceptors (Lipinski definition) is 2. The number of rotatable bonds is 5. The van der Waals surface area contributed by atoms with Gasteiger partial charge >= 0.3 is 0 Å². The van der Waals surface area contributed by atoms with Crippen LogP contribution in [0.25, 0.3) is 0 Å². The highest BCUT2D eigenvalue weighted by Gasteiger charge is 2.23. The maximum Gasteiger partial charge on any atom is 0.220 e. The molecule has 0 spiro atoms. The second-order valence-electron chi connectivity index (χ2n) is 6.04. The van der Waals surface area contributed by atoms with Crippen LogP contribution in [0.1, 0.15) is 56.9 Å². The smallest absolute Gasteiger partial charge is 0.220 e. The van der Waals surface area contributed by atoms with Gasteiger partial charge in [0.2, 0.25) is 5.91 Å². The minimum Gasteiger partial charge on any atom is -0.353 e. The van der Waals surface area contributed by atoms with E-state index in [1.807, 2.05) is 6.92 Å². The molecule has 0 saturated heterocycles. The van der Waals surface area contributed by atoms with Gasteiger partial charge in [-0.3, -0.25) is 4.79 Å². The minimum atomic E-state index is 0.106. The summed E-state index contributed by atoms with van der Waals surface area (Å²) < 4.78 is 0. The summed E-state index contributed by atoms with van der Waals surface area (Å²) >= 11 is 0. The van der Waals surface area contributed by atoms with Crippen LogP contribution in [-0.4, -0.2) is 18.0 Å².